The summed E-state index contributed by atoms with van der Waals surface area (Å²) in [6.45, 7) is 5.49. The van der Waals surface area contributed by atoms with Gasteiger partial charge in [-0.15, -0.1) is 0 Å². The minimum Gasteiger partial charge on any atom is -0.481 e. The standard InChI is InChI=1S/C28H33N7O5/c1-17-21-16-30-28(32-26(21)35(19-5-3-4-6-19)27(40)25(17)18(2)36)31-22-8-7-20(15-29-22)33-11-13-34(14-12-33)23(37)9-10-24(38)39/h7-8,15-16,19H,3-6,9-14H2,1-2H3,(H,38,39)(H,29,30,31,32). The van der Waals surface area contributed by atoms with E-state index in [1.54, 1.807) is 28.8 Å². The second-order valence-electron chi connectivity index (χ2n) is 10.4. The zero-order chi connectivity index (χ0) is 28.4. The van der Waals surface area contributed by atoms with E-state index in [4.69, 9.17) is 10.1 Å². The van der Waals surface area contributed by atoms with Crippen molar-refractivity contribution in [2.75, 3.05) is 36.4 Å². The first-order chi connectivity index (χ1) is 19.2. The van der Waals surface area contributed by atoms with Gasteiger partial charge in [-0.05, 0) is 44.4 Å². The van der Waals surface area contributed by atoms with E-state index in [0.717, 1.165) is 31.4 Å². The number of fused-ring (bicyclic) bond motifs is 1. The van der Waals surface area contributed by atoms with Gasteiger partial charge in [-0.3, -0.25) is 23.7 Å². The van der Waals surface area contributed by atoms with Crippen LogP contribution in [0.25, 0.3) is 11.0 Å². The molecule has 2 N–H and O–H groups in total. The third-order valence-electron chi connectivity index (χ3n) is 7.79. The van der Waals surface area contributed by atoms with Gasteiger partial charge in [-0.25, -0.2) is 9.97 Å². The molecule has 0 bridgehead atoms. The molecule has 0 atom stereocenters. The largest absolute Gasteiger partial charge is 0.481 e. The molecular formula is C28H33N7O5. The number of aromatic nitrogens is 4. The molecule has 12 heteroatoms. The molecule has 1 aliphatic carbocycles. The van der Waals surface area contributed by atoms with Crippen molar-refractivity contribution < 1.29 is 19.5 Å². The van der Waals surface area contributed by atoms with Crippen molar-refractivity contribution in [3.05, 3.63) is 46.0 Å². The molecule has 12 nitrogen and oxygen atoms in total. The van der Waals surface area contributed by atoms with E-state index in [1.165, 1.54) is 6.92 Å². The fourth-order valence-corrected chi connectivity index (χ4v) is 5.66. The topological polar surface area (TPSA) is 151 Å². The Labute approximate surface area is 231 Å². The summed E-state index contributed by atoms with van der Waals surface area (Å²) in [5.74, 6) is -0.518. The van der Waals surface area contributed by atoms with Gasteiger partial charge in [-0.2, -0.15) is 4.98 Å². The number of nitrogens with one attached hydrogen (secondary N) is 1. The molecule has 2 aliphatic rings. The molecule has 5 rings (SSSR count). The van der Waals surface area contributed by atoms with Gasteiger partial charge in [-0.1, -0.05) is 12.8 Å². The van der Waals surface area contributed by atoms with Crippen molar-refractivity contribution in [2.45, 2.75) is 58.4 Å². The van der Waals surface area contributed by atoms with E-state index in [1.807, 2.05) is 12.1 Å². The lowest BCUT2D eigenvalue weighted by atomic mass is 10.0. The zero-order valence-corrected chi connectivity index (χ0v) is 22.7. The quantitative estimate of drug-likeness (QED) is 0.403. The predicted molar refractivity (Wildman–Crippen MR) is 149 cm³/mol. The number of hydrogen-bond acceptors (Lipinski definition) is 9. The maximum absolute atomic E-state index is 13.4. The van der Waals surface area contributed by atoms with Crippen LogP contribution in [0.5, 0.6) is 0 Å². The number of carbonyl (C=O) groups is 3. The first-order valence-electron chi connectivity index (χ1n) is 13.6. The minimum atomic E-state index is -0.971. The number of rotatable bonds is 8. The van der Waals surface area contributed by atoms with Gasteiger partial charge in [0.05, 0.1) is 23.9 Å². The van der Waals surface area contributed by atoms with Gasteiger partial charge in [0.15, 0.2) is 5.78 Å². The van der Waals surface area contributed by atoms with Gasteiger partial charge >= 0.3 is 5.97 Å². The molecule has 3 aromatic rings. The van der Waals surface area contributed by atoms with E-state index in [9.17, 15) is 19.2 Å². The first kappa shape index (κ1) is 27.2. The fourth-order valence-electron chi connectivity index (χ4n) is 5.66. The molecule has 3 aromatic heterocycles. The lowest BCUT2D eigenvalue weighted by Gasteiger charge is -2.36. The maximum Gasteiger partial charge on any atom is 0.303 e. The Morgan fingerprint density at radius 1 is 1.02 bits per heavy atom. The molecule has 4 heterocycles. The van der Waals surface area contributed by atoms with Gasteiger partial charge in [0.1, 0.15) is 11.5 Å². The predicted octanol–water partition coefficient (Wildman–Crippen LogP) is 3.07. The molecule has 40 heavy (non-hydrogen) atoms. The van der Waals surface area contributed by atoms with Crippen molar-refractivity contribution in [1.82, 2.24) is 24.4 Å². The molecular weight excluding hydrogens is 514 g/mol. The second-order valence-corrected chi connectivity index (χ2v) is 10.4. The highest BCUT2D eigenvalue weighted by molar-refractivity contribution is 5.99. The van der Waals surface area contributed by atoms with Gasteiger partial charge < -0.3 is 20.2 Å². The number of ketones is 1. The van der Waals surface area contributed by atoms with Crippen LogP contribution in [0, 0.1) is 6.92 Å². The summed E-state index contributed by atoms with van der Waals surface area (Å²) >= 11 is 0. The molecule has 0 radical (unpaired) electrons. The average molecular weight is 548 g/mol. The third kappa shape index (κ3) is 5.51. The van der Waals surface area contributed by atoms with Crippen LogP contribution in [0.1, 0.15) is 67.4 Å². The molecule has 0 unspecified atom stereocenters. The molecule has 210 valence electrons. The minimum absolute atomic E-state index is 0.00166. The Morgan fingerprint density at radius 3 is 2.38 bits per heavy atom. The summed E-state index contributed by atoms with van der Waals surface area (Å²) in [6, 6.07) is 3.75. The highest BCUT2D eigenvalue weighted by atomic mass is 16.4. The molecule has 1 saturated heterocycles. The van der Waals surface area contributed by atoms with Crippen molar-refractivity contribution in [1.29, 1.82) is 0 Å². The summed E-state index contributed by atoms with van der Waals surface area (Å²) in [4.78, 5) is 66.2. The molecule has 1 aliphatic heterocycles. The molecule has 0 aromatic carbocycles. The Morgan fingerprint density at radius 2 is 1.75 bits per heavy atom. The zero-order valence-electron chi connectivity index (χ0n) is 22.7. The number of carboxylic acids is 1. The van der Waals surface area contributed by atoms with Crippen molar-refractivity contribution in [2.24, 2.45) is 0 Å². The van der Waals surface area contributed by atoms with Crippen LogP contribution in [0.4, 0.5) is 17.5 Å². The summed E-state index contributed by atoms with van der Waals surface area (Å²) in [7, 11) is 0. The smallest absolute Gasteiger partial charge is 0.303 e. The maximum atomic E-state index is 13.4. The van der Waals surface area contributed by atoms with Gasteiger partial charge in [0, 0.05) is 50.2 Å². The summed E-state index contributed by atoms with van der Waals surface area (Å²) in [6.07, 6.45) is 7.06. The second kappa shape index (κ2) is 11.4. The van der Waals surface area contributed by atoms with Gasteiger partial charge in [0.25, 0.3) is 5.56 Å². The normalized spacial score (nSPS) is 15.9. The van der Waals surface area contributed by atoms with Crippen molar-refractivity contribution >= 4 is 46.1 Å². The van der Waals surface area contributed by atoms with Crippen LogP contribution in [0.2, 0.25) is 0 Å². The van der Waals surface area contributed by atoms with Gasteiger partial charge in [0.2, 0.25) is 11.9 Å². The highest BCUT2D eigenvalue weighted by Gasteiger charge is 2.26. The lowest BCUT2D eigenvalue weighted by Crippen LogP contribution is -2.48. The number of aliphatic carboxylic acids is 1. The number of aryl methyl sites for hydroxylation is 1. The van der Waals surface area contributed by atoms with E-state index < -0.39 is 5.97 Å². The molecule has 2 fully saturated rings. The average Bonchev–Trinajstić information content (AvgIpc) is 3.46. The molecule has 1 amide bonds. The monoisotopic (exact) mass is 547 g/mol. The summed E-state index contributed by atoms with van der Waals surface area (Å²) in [5.41, 5.74) is 1.93. The Bertz CT molecular complexity index is 1500. The number of piperazine rings is 1. The van der Waals surface area contributed by atoms with Crippen molar-refractivity contribution in [3.8, 4) is 0 Å². The van der Waals surface area contributed by atoms with E-state index >= 15 is 0 Å². The van der Waals surface area contributed by atoms with E-state index in [2.05, 4.69) is 20.2 Å². The molecule has 1 saturated carbocycles. The number of carbonyl (C=O) groups excluding carboxylic acids is 2. The number of carboxylic acid groups (broad SMARTS) is 1. The van der Waals surface area contributed by atoms with Crippen LogP contribution >= 0.6 is 0 Å². The Balaban J connectivity index is 1.32. The van der Waals surface area contributed by atoms with Crippen LogP contribution in [0.15, 0.2) is 29.3 Å². The number of pyridine rings is 2. The summed E-state index contributed by atoms with van der Waals surface area (Å²) in [5, 5.41) is 12.6. The number of amides is 1. The fraction of sp³-hybridized carbons (Fsp3) is 0.464. The van der Waals surface area contributed by atoms with E-state index in [0.29, 0.717) is 54.5 Å². The van der Waals surface area contributed by atoms with E-state index in [-0.39, 0.29) is 41.7 Å². The first-order valence-corrected chi connectivity index (χ1v) is 13.6. The number of Topliss-reactive ketones (excluding diaryl/α,β-unsaturated/α-hetero) is 1. The third-order valence-corrected chi connectivity index (χ3v) is 7.79. The van der Waals surface area contributed by atoms with Crippen LogP contribution in [-0.4, -0.2) is 73.4 Å². The lowest BCUT2D eigenvalue weighted by molar-refractivity contribution is -0.141. The number of nitrogens with zero attached hydrogens (tertiary/aromatic N) is 6. The highest BCUT2D eigenvalue weighted by Crippen LogP contribution is 2.32. The van der Waals surface area contributed by atoms with Crippen LogP contribution in [-0.2, 0) is 9.59 Å². The summed E-state index contributed by atoms with van der Waals surface area (Å²) < 4.78 is 1.68. The SMILES string of the molecule is CC(=O)c1c(C)c2cnc(Nc3ccc(N4CCN(C(=O)CCC(=O)O)CC4)cn3)nc2n(C2CCCC2)c1=O. The number of anilines is 3. The van der Waals surface area contributed by atoms with Crippen molar-refractivity contribution in [3.63, 3.8) is 0 Å². The molecule has 0 spiro atoms. The van der Waals surface area contributed by atoms with Crippen LogP contribution < -0.4 is 15.8 Å². The Hall–Kier alpha value is -4.35. The number of hydrogen-bond donors (Lipinski definition) is 2. The Kier molecular flexibility index (Phi) is 7.76. The van der Waals surface area contributed by atoms with Crippen LogP contribution in [0.3, 0.4) is 0 Å².